The molecule has 1 aromatic carbocycles. The van der Waals surface area contributed by atoms with Crippen molar-refractivity contribution in [2.45, 2.75) is 26.8 Å². The predicted molar refractivity (Wildman–Crippen MR) is 73.0 cm³/mol. The third-order valence-electron chi connectivity index (χ3n) is 3.00. The summed E-state index contributed by atoms with van der Waals surface area (Å²) >= 11 is 0. The van der Waals surface area contributed by atoms with E-state index in [0.29, 0.717) is 30.4 Å². The largest absolute Gasteiger partial charge is 0.339 e. The quantitative estimate of drug-likeness (QED) is 0.726. The van der Waals surface area contributed by atoms with Crippen LogP contribution in [0.2, 0.25) is 0 Å². The van der Waals surface area contributed by atoms with Crippen molar-refractivity contribution in [1.29, 1.82) is 0 Å². The van der Waals surface area contributed by atoms with Crippen LogP contribution in [0.25, 0.3) is 11.5 Å². The maximum absolute atomic E-state index is 5.07. The van der Waals surface area contributed by atoms with Crippen molar-refractivity contribution in [2.75, 3.05) is 0 Å². The molecule has 0 fully saturated rings. The van der Waals surface area contributed by atoms with Gasteiger partial charge >= 0.3 is 0 Å². The van der Waals surface area contributed by atoms with Crippen molar-refractivity contribution >= 4 is 0 Å². The average molecular weight is 269 g/mol. The molecule has 0 N–H and O–H groups in total. The van der Waals surface area contributed by atoms with E-state index in [1.165, 1.54) is 11.1 Å². The first-order chi connectivity index (χ1) is 9.74. The zero-order chi connectivity index (χ0) is 13.9. The highest BCUT2D eigenvalue weighted by Gasteiger charge is 2.11. The van der Waals surface area contributed by atoms with Crippen LogP contribution in [0.4, 0.5) is 0 Å². The molecule has 3 aromatic rings. The SMILES string of the molecule is CCc1nc(-c2cn(Cc3ccc(C)cc3)nn2)no1. The summed E-state index contributed by atoms with van der Waals surface area (Å²) in [6.45, 7) is 4.70. The fourth-order valence-corrected chi connectivity index (χ4v) is 1.86. The molecular formula is C14H15N5O. The van der Waals surface area contributed by atoms with Gasteiger partial charge in [-0.2, -0.15) is 4.98 Å². The van der Waals surface area contributed by atoms with Gasteiger partial charge in [-0.3, -0.25) is 0 Å². The molecule has 0 aliphatic carbocycles. The summed E-state index contributed by atoms with van der Waals surface area (Å²) in [6.07, 6.45) is 2.54. The number of aryl methyl sites for hydroxylation is 2. The first-order valence-electron chi connectivity index (χ1n) is 6.53. The maximum atomic E-state index is 5.07. The molecular weight excluding hydrogens is 254 g/mol. The first kappa shape index (κ1) is 12.5. The molecule has 0 saturated heterocycles. The molecule has 102 valence electrons. The van der Waals surface area contributed by atoms with Gasteiger partial charge < -0.3 is 4.52 Å². The van der Waals surface area contributed by atoms with Gasteiger partial charge in [0, 0.05) is 6.42 Å². The molecule has 0 saturated carbocycles. The van der Waals surface area contributed by atoms with Gasteiger partial charge in [0.1, 0.15) is 0 Å². The molecule has 0 spiro atoms. The van der Waals surface area contributed by atoms with Crippen molar-refractivity contribution in [3.05, 3.63) is 47.5 Å². The number of hydrogen-bond donors (Lipinski definition) is 0. The van der Waals surface area contributed by atoms with Gasteiger partial charge in [0.2, 0.25) is 11.7 Å². The Kier molecular flexibility index (Phi) is 3.28. The summed E-state index contributed by atoms with van der Waals surface area (Å²) in [7, 11) is 0. The van der Waals surface area contributed by atoms with Crippen molar-refractivity contribution in [3.8, 4) is 11.5 Å². The molecule has 0 amide bonds. The van der Waals surface area contributed by atoms with Crippen LogP contribution in [0.1, 0.15) is 23.9 Å². The lowest BCUT2D eigenvalue weighted by molar-refractivity contribution is 0.382. The van der Waals surface area contributed by atoms with E-state index in [9.17, 15) is 0 Å². The van der Waals surface area contributed by atoms with Gasteiger partial charge in [-0.1, -0.05) is 47.1 Å². The summed E-state index contributed by atoms with van der Waals surface area (Å²) in [5.74, 6) is 1.09. The molecule has 20 heavy (non-hydrogen) atoms. The summed E-state index contributed by atoms with van der Waals surface area (Å²) in [5, 5.41) is 12.1. The zero-order valence-corrected chi connectivity index (χ0v) is 11.4. The third-order valence-corrected chi connectivity index (χ3v) is 3.00. The Morgan fingerprint density at radius 2 is 2.00 bits per heavy atom. The van der Waals surface area contributed by atoms with E-state index in [1.807, 2.05) is 13.1 Å². The molecule has 3 rings (SSSR count). The first-order valence-corrected chi connectivity index (χ1v) is 6.53. The second kappa shape index (κ2) is 5.24. The van der Waals surface area contributed by atoms with Gasteiger partial charge in [-0.25, -0.2) is 4.68 Å². The van der Waals surface area contributed by atoms with Crippen LogP contribution < -0.4 is 0 Å². The molecule has 2 aromatic heterocycles. The van der Waals surface area contributed by atoms with Crippen molar-refractivity contribution in [2.24, 2.45) is 0 Å². The van der Waals surface area contributed by atoms with Gasteiger partial charge in [-0.05, 0) is 12.5 Å². The molecule has 0 bridgehead atoms. The minimum atomic E-state index is 0.483. The smallest absolute Gasteiger partial charge is 0.226 e. The Hall–Kier alpha value is -2.50. The molecule has 6 nitrogen and oxygen atoms in total. The van der Waals surface area contributed by atoms with Crippen LogP contribution in [0.3, 0.4) is 0 Å². The van der Waals surface area contributed by atoms with Gasteiger partial charge in [-0.15, -0.1) is 5.10 Å². The van der Waals surface area contributed by atoms with Crippen LogP contribution >= 0.6 is 0 Å². The lowest BCUT2D eigenvalue weighted by Gasteiger charge is -2.00. The van der Waals surface area contributed by atoms with Crippen molar-refractivity contribution in [1.82, 2.24) is 25.1 Å². The predicted octanol–water partition coefficient (Wildman–Crippen LogP) is 2.25. The minimum absolute atomic E-state index is 0.483. The highest BCUT2D eigenvalue weighted by molar-refractivity contribution is 5.45. The van der Waals surface area contributed by atoms with Crippen molar-refractivity contribution in [3.63, 3.8) is 0 Å². The van der Waals surface area contributed by atoms with E-state index in [-0.39, 0.29) is 0 Å². The molecule has 0 aliphatic rings. The van der Waals surface area contributed by atoms with Crippen LogP contribution in [0.5, 0.6) is 0 Å². The second-order valence-electron chi connectivity index (χ2n) is 4.65. The van der Waals surface area contributed by atoms with Crippen LogP contribution in [-0.4, -0.2) is 25.1 Å². The minimum Gasteiger partial charge on any atom is -0.339 e. The molecule has 0 atom stereocenters. The van der Waals surface area contributed by atoms with Crippen LogP contribution in [0.15, 0.2) is 35.0 Å². The van der Waals surface area contributed by atoms with Crippen LogP contribution in [0, 0.1) is 6.92 Å². The highest BCUT2D eigenvalue weighted by Crippen LogP contribution is 2.13. The Morgan fingerprint density at radius 1 is 1.20 bits per heavy atom. The molecule has 6 heteroatoms. The molecule has 0 unspecified atom stereocenters. The Bertz CT molecular complexity index is 698. The summed E-state index contributed by atoms with van der Waals surface area (Å²) in [4.78, 5) is 4.24. The van der Waals surface area contributed by atoms with Crippen molar-refractivity contribution < 1.29 is 4.52 Å². The number of rotatable bonds is 4. The van der Waals surface area contributed by atoms with E-state index in [4.69, 9.17) is 4.52 Å². The number of aromatic nitrogens is 5. The van der Waals surface area contributed by atoms with E-state index in [1.54, 1.807) is 4.68 Å². The fraction of sp³-hybridized carbons (Fsp3) is 0.286. The lowest BCUT2D eigenvalue weighted by Crippen LogP contribution is -2.00. The highest BCUT2D eigenvalue weighted by atomic mass is 16.5. The molecule has 2 heterocycles. The topological polar surface area (TPSA) is 69.6 Å². The normalized spacial score (nSPS) is 10.9. The second-order valence-corrected chi connectivity index (χ2v) is 4.65. The Morgan fingerprint density at radius 3 is 2.70 bits per heavy atom. The molecule has 0 aliphatic heterocycles. The summed E-state index contributed by atoms with van der Waals surface area (Å²) in [5.41, 5.74) is 3.04. The van der Waals surface area contributed by atoms with E-state index in [0.717, 1.165) is 0 Å². The van der Waals surface area contributed by atoms with Crippen LogP contribution in [-0.2, 0) is 13.0 Å². The van der Waals surface area contributed by atoms with E-state index < -0.39 is 0 Å². The number of benzene rings is 1. The average Bonchev–Trinajstić information content (AvgIpc) is 3.10. The Labute approximate surface area is 116 Å². The zero-order valence-electron chi connectivity index (χ0n) is 11.4. The molecule has 0 radical (unpaired) electrons. The Balaban J connectivity index is 1.78. The number of nitrogens with zero attached hydrogens (tertiary/aromatic N) is 5. The van der Waals surface area contributed by atoms with E-state index in [2.05, 4.69) is 51.6 Å². The summed E-state index contributed by atoms with van der Waals surface area (Å²) in [6, 6.07) is 8.33. The maximum Gasteiger partial charge on any atom is 0.226 e. The lowest BCUT2D eigenvalue weighted by atomic mass is 10.1. The standard InChI is InChI=1S/C14H15N5O/c1-3-13-15-14(17-20-13)12-9-19(18-16-12)8-11-6-4-10(2)5-7-11/h4-7,9H,3,8H2,1-2H3. The van der Waals surface area contributed by atoms with Gasteiger partial charge in [0.05, 0.1) is 12.7 Å². The monoisotopic (exact) mass is 269 g/mol. The third kappa shape index (κ3) is 2.59. The van der Waals surface area contributed by atoms with Gasteiger partial charge in [0.15, 0.2) is 5.69 Å². The fourth-order valence-electron chi connectivity index (χ4n) is 1.86. The number of hydrogen-bond acceptors (Lipinski definition) is 5. The van der Waals surface area contributed by atoms with Gasteiger partial charge in [0.25, 0.3) is 0 Å². The summed E-state index contributed by atoms with van der Waals surface area (Å²) < 4.78 is 6.84. The van der Waals surface area contributed by atoms with E-state index >= 15 is 0 Å².